The second-order valence-electron chi connectivity index (χ2n) is 4.31. The van der Waals surface area contributed by atoms with Crippen molar-refractivity contribution in [3.8, 4) is 5.75 Å². The summed E-state index contributed by atoms with van der Waals surface area (Å²) in [6.45, 7) is 0.0297. The molecule has 0 aliphatic carbocycles. The number of carbonyl (C=O) groups excluding carboxylic acids is 2. The van der Waals surface area contributed by atoms with Gasteiger partial charge in [0.1, 0.15) is 5.75 Å². The summed E-state index contributed by atoms with van der Waals surface area (Å²) in [4.78, 5) is 23.2. The molecule has 0 bridgehead atoms. The zero-order valence-corrected chi connectivity index (χ0v) is 10.9. The number of anilines is 2. The van der Waals surface area contributed by atoms with Gasteiger partial charge in [-0.05, 0) is 18.2 Å². The number of rotatable bonds is 2. The minimum absolute atomic E-state index is 0.0297. The highest BCUT2D eigenvalue weighted by Gasteiger charge is 2.23. The maximum atomic E-state index is 11.9. The highest BCUT2D eigenvalue weighted by molar-refractivity contribution is 7.99. The zero-order valence-electron chi connectivity index (χ0n) is 10.1. The molecule has 1 aromatic carbocycles. The third kappa shape index (κ3) is 2.66. The van der Waals surface area contributed by atoms with Crippen LogP contribution >= 0.6 is 11.8 Å². The van der Waals surface area contributed by atoms with Crippen LogP contribution in [0, 0.1) is 0 Å². The lowest BCUT2D eigenvalue weighted by atomic mass is 10.2. The number of carbonyl (C=O) groups is 2. The second kappa shape index (κ2) is 5.10. The molecule has 1 fully saturated rings. The van der Waals surface area contributed by atoms with E-state index in [4.69, 9.17) is 4.74 Å². The number of amides is 2. The Bertz CT molecular complexity index is 529. The fourth-order valence-electron chi connectivity index (χ4n) is 1.95. The van der Waals surface area contributed by atoms with Gasteiger partial charge in [-0.3, -0.25) is 14.9 Å². The second-order valence-corrected chi connectivity index (χ2v) is 5.34. The van der Waals surface area contributed by atoms with Crippen molar-refractivity contribution in [2.24, 2.45) is 0 Å². The van der Waals surface area contributed by atoms with E-state index in [9.17, 15) is 9.59 Å². The zero-order chi connectivity index (χ0) is 13.2. The molecule has 1 aromatic rings. The SMILES string of the molecule is O=C1COc2ccc(NC(=O)C3CSCN3)cc2N1. The van der Waals surface area contributed by atoms with Crippen LogP contribution in [0.2, 0.25) is 0 Å². The molecule has 0 radical (unpaired) electrons. The van der Waals surface area contributed by atoms with Crippen molar-refractivity contribution in [2.45, 2.75) is 6.04 Å². The summed E-state index contributed by atoms with van der Waals surface area (Å²) < 4.78 is 5.26. The first-order chi connectivity index (χ1) is 9.22. The maximum absolute atomic E-state index is 11.9. The van der Waals surface area contributed by atoms with Crippen molar-refractivity contribution < 1.29 is 14.3 Å². The van der Waals surface area contributed by atoms with Crippen molar-refractivity contribution >= 4 is 35.0 Å². The van der Waals surface area contributed by atoms with Gasteiger partial charge in [-0.2, -0.15) is 0 Å². The Labute approximate surface area is 114 Å². The van der Waals surface area contributed by atoms with Gasteiger partial charge in [0.15, 0.2) is 6.61 Å². The van der Waals surface area contributed by atoms with E-state index in [1.54, 1.807) is 30.0 Å². The number of nitrogens with one attached hydrogen (secondary N) is 3. The van der Waals surface area contributed by atoms with Crippen LogP contribution in [0.5, 0.6) is 5.75 Å². The summed E-state index contributed by atoms with van der Waals surface area (Å²) in [6.07, 6.45) is 0. The van der Waals surface area contributed by atoms with Crippen molar-refractivity contribution in [1.82, 2.24) is 5.32 Å². The maximum Gasteiger partial charge on any atom is 0.262 e. The summed E-state index contributed by atoms with van der Waals surface area (Å²) >= 11 is 1.70. The first-order valence-corrected chi connectivity index (χ1v) is 7.06. The monoisotopic (exact) mass is 279 g/mol. The van der Waals surface area contributed by atoms with Crippen molar-refractivity contribution in [2.75, 3.05) is 28.9 Å². The predicted molar refractivity (Wildman–Crippen MR) is 73.4 cm³/mol. The third-order valence-electron chi connectivity index (χ3n) is 2.91. The Morgan fingerprint density at radius 1 is 1.47 bits per heavy atom. The minimum atomic E-state index is -0.190. The molecule has 2 heterocycles. The van der Waals surface area contributed by atoms with Gasteiger partial charge in [-0.1, -0.05) is 0 Å². The number of benzene rings is 1. The van der Waals surface area contributed by atoms with E-state index in [1.807, 2.05) is 0 Å². The van der Waals surface area contributed by atoms with Crippen LogP contribution in [0.3, 0.4) is 0 Å². The molecule has 1 atom stereocenters. The van der Waals surface area contributed by atoms with Crippen LogP contribution in [0.15, 0.2) is 18.2 Å². The number of ether oxygens (including phenoxy) is 1. The molecular formula is C12H13N3O3S. The predicted octanol–water partition coefficient (Wildman–Crippen LogP) is 0.618. The molecule has 0 spiro atoms. The van der Waals surface area contributed by atoms with Crippen LogP contribution < -0.4 is 20.7 Å². The van der Waals surface area contributed by atoms with E-state index in [0.717, 1.165) is 11.6 Å². The van der Waals surface area contributed by atoms with E-state index in [-0.39, 0.29) is 24.5 Å². The number of hydrogen-bond acceptors (Lipinski definition) is 5. The average molecular weight is 279 g/mol. The summed E-state index contributed by atoms with van der Waals surface area (Å²) in [5.41, 5.74) is 1.23. The van der Waals surface area contributed by atoms with Gasteiger partial charge in [0.05, 0.1) is 11.7 Å². The Balaban J connectivity index is 1.73. The summed E-state index contributed by atoms with van der Waals surface area (Å²) in [5.74, 6) is 1.94. The molecule has 2 aliphatic heterocycles. The first-order valence-electron chi connectivity index (χ1n) is 5.91. The van der Waals surface area contributed by atoms with Gasteiger partial charge in [0.2, 0.25) is 5.91 Å². The van der Waals surface area contributed by atoms with Gasteiger partial charge in [-0.15, -0.1) is 11.8 Å². The number of hydrogen-bond donors (Lipinski definition) is 3. The third-order valence-corrected chi connectivity index (χ3v) is 3.85. The normalized spacial score (nSPS) is 21.3. The van der Waals surface area contributed by atoms with E-state index < -0.39 is 0 Å². The fraction of sp³-hybridized carbons (Fsp3) is 0.333. The minimum Gasteiger partial charge on any atom is -0.482 e. The van der Waals surface area contributed by atoms with E-state index in [0.29, 0.717) is 17.1 Å². The van der Waals surface area contributed by atoms with E-state index in [1.165, 1.54) is 0 Å². The van der Waals surface area contributed by atoms with Crippen molar-refractivity contribution in [3.63, 3.8) is 0 Å². The van der Waals surface area contributed by atoms with Gasteiger partial charge in [0, 0.05) is 17.3 Å². The van der Waals surface area contributed by atoms with Crippen LogP contribution in [0.4, 0.5) is 11.4 Å². The Kier molecular flexibility index (Phi) is 3.31. The van der Waals surface area contributed by atoms with Gasteiger partial charge >= 0.3 is 0 Å². The standard InChI is InChI=1S/C12H13N3O3S/c16-11-4-18-10-2-1-7(3-8(10)15-11)14-12(17)9-5-19-6-13-9/h1-3,9,13H,4-6H2,(H,14,17)(H,15,16). The number of fused-ring (bicyclic) bond motifs is 1. The molecule has 1 saturated heterocycles. The van der Waals surface area contributed by atoms with Crippen molar-refractivity contribution in [3.05, 3.63) is 18.2 Å². The highest BCUT2D eigenvalue weighted by Crippen LogP contribution is 2.30. The van der Waals surface area contributed by atoms with Crippen LogP contribution in [0.1, 0.15) is 0 Å². The molecule has 1 unspecified atom stereocenters. The van der Waals surface area contributed by atoms with Crippen LogP contribution in [0.25, 0.3) is 0 Å². The summed E-state index contributed by atoms with van der Waals surface area (Å²) in [7, 11) is 0. The van der Waals surface area contributed by atoms with Crippen LogP contribution in [-0.4, -0.2) is 36.1 Å². The Morgan fingerprint density at radius 2 is 2.37 bits per heavy atom. The van der Waals surface area contributed by atoms with Gasteiger partial charge in [0.25, 0.3) is 5.91 Å². The first kappa shape index (κ1) is 12.3. The Hall–Kier alpha value is -1.73. The molecule has 2 aliphatic rings. The molecule has 0 saturated carbocycles. The molecule has 6 nitrogen and oxygen atoms in total. The average Bonchev–Trinajstić information content (AvgIpc) is 2.92. The Morgan fingerprint density at radius 3 is 3.16 bits per heavy atom. The topological polar surface area (TPSA) is 79.5 Å². The molecule has 0 aromatic heterocycles. The van der Waals surface area contributed by atoms with E-state index in [2.05, 4.69) is 16.0 Å². The quantitative estimate of drug-likeness (QED) is 0.739. The molecule has 3 N–H and O–H groups in total. The smallest absolute Gasteiger partial charge is 0.262 e. The lowest BCUT2D eigenvalue weighted by Crippen LogP contribution is -2.37. The van der Waals surface area contributed by atoms with Gasteiger partial charge in [-0.25, -0.2) is 0 Å². The highest BCUT2D eigenvalue weighted by atomic mass is 32.2. The van der Waals surface area contributed by atoms with Gasteiger partial charge < -0.3 is 15.4 Å². The molecular weight excluding hydrogens is 266 g/mol. The van der Waals surface area contributed by atoms with Crippen LogP contribution in [-0.2, 0) is 9.59 Å². The molecule has 100 valence electrons. The van der Waals surface area contributed by atoms with Crippen molar-refractivity contribution in [1.29, 1.82) is 0 Å². The molecule has 3 rings (SSSR count). The summed E-state index contributed by atoms with van der Waals surface area (Å²) in [5, 5.41) is 8.64. The largest absolute Gasteiger partial charge is 0.482 e. The molecule has 2 amide bonds. The number of thioether (sulfide) groups is 1. The lowest BCUT2D eigenvalue weighted by molar-refractivity contribution is -0.118. The molecule has 7 heteroatoms. The van der Waals surface area contributed by atoms with E-state index >= 15 is 0 Å². The fourth-order valence-corrected chi connectivity index (χ4v) is 2.90. The summed E-state index contributed by atoms with van der Waals surface area (Å²) in [6, 6.07) is 5.04. The molecule has 19 heavy (non-hydrogen) atoms. The lowest BCUT2D eigenvalue weighted by Gasteiger charge is -2.19.